The summed E-state index contributed by atoms with van der Waals surface area (Å²) in [6, 6.07) is 9.46. The van der Waals surface area contributed by atoms with Crippen molar-refractivity contribution in [2.45, 2.75) is 33.1 Å². The van der Waals surface area contributed by atoms with Crippen molar-refractivity contribution in [3.05, 3.63) is 63.0 Å². The Morgan fingerprint density at radius 1 is 1.08 bits per heavy atom. The van der Waals surface area contributed by atoms with Gasteiger partial charge in [0.2, 0.25) is 0 Å². The molecule has 0 radical (unpaired) electrons. The van der Waals surface area contributed by atoms with Gasteiger partial charge in [-0.1, -0.05) is 12.1 Å². The van der Waals surface area contributed by atoms with Gasteiger partial charge in [-0.3, -0.25) is 9.59 Å². The minimum Gasteiger partial charge on any atom is -0.337 e. The van der Waals surface area contributed by atoms with Crippen LogP contribution in [0.2, 0.25) is 0 Å². The molecule has 0 aliphatic carbocycles. The molecule has 1 fully saturated rings. The molecule has 1 aromatic carbocycles. The predicted octanol–water partition coefficient (Wildman–Crippen LogP) is 4.15. The van der Waals surface area contributed by atoms with Crippen LogP contribution in [0.3, 0.4) is 0 Å². The number of carbonyl (C=O) groups excluding carboxylic acids is 2. The Morgan fingerprint density at radius 2 is 1.85 bits per heavy atom. The minimum absolute atomic E-state index is 0.102. The summed E-state index contributed by atoms with van der Waals surface area (Å²) in [6.45, 7) is 5.49. The lowest BCUT2D eigenvalue weighted by Gasteiger charge is -2.27. The number of nitrogens with zero attached hydrogens (tertiary/aromatic N) is 1. The van der Waals surface area contributed by atoms with Gasteiger partial charge in [-0.15, -0.1) is 11.3 Å². The molecule has 0 bridgehead atoms. The fraction of sp³-hybridized carbons (Fsp3) is 0.333. The van der Waals surface area contributed by atoms with Gasteiger partial charge in [0.05, 0.1) is 0 Å². The summed E-state index contributed by atoms with van der Waals surface area (Å²) in [7, 11) is 0. The van der Waals surface area contributed by atoms with Crippen LogP contribution >= 0.6 is 11.3 Å². The zero-order valence-electron chi connectivity index (χ0n) is 15.2. The first kappa shape index (κ1) is 18.4. The lowest BCUT2D eigenvalue weighted by molar-refractivity contribution is -0.128. The van der Waals surface area contributed by atoms with E-state index in [-0.39, 0.29) is 11.8 Å². The van der Waals surface area contributed by atoms with E-state index >= 15 is 0 Å². The summed E-state index contributed by atoms with van der Waals surface area (Å²) in [5.74, 6) is -0.350. The molecular formula is C21H24N2O2S. The van der Waals surface area contributed by atoms with Crippen LogP contribution in [-0.2, 0) is 4.79 Å². The van der Waals surface area contributed by atoms with Gasteiger partial charge in [0.1, 0.15) is 5.70 Å². The second-order valence-electron chi connectivity index (χ2n) is 6.68. The molecule has 136 valence electrons. The minimum atomic E-state index is -0.249. The molecule has 0 unspecified atom stereocenters. The Labute approximate surface area is 158 Å². The molecule has 5 heteroatoms. The van der Waals surface area contributed by atoms with E-state index in [1.807, 2.05) is 48.4 Å². The van der Waals surface area contributed by atoms with Crippen molar-refractivity contribution in [2.24, 2.45) is 0 Å². The molecular weight excluding hydrogens is 344 g/mol. The van der Waals surface area contributed by atoms with Crippen molar-refractivity contribution in [3.63, 3.8) is 0 Å². The summed E-state index contributed by atoms with van der Waals surface area (Å²) in [4.78, 5) is 28.5. The van der Waals surface area contributed by atoms with Crippen LogP contribution in [0.1, 0.15) is 45.6 Å². The van der Waals surface area contributed by atoms with Gasteiger partial charge < -0.3 is 10.2 Å². The molecule has 0 spiro atoms. The monoisotopic (exact) mass is 368 g/mol. The molecule has 0 atom stereocenters. The van der Waals surface area contributed by atoms with Crippen LogP contribution < -0.4 is 5.32 Å². The predicted molar refractivity (Wildman–Crippen MR) is 106 cm³/mol. The first-order chi connectivity index (χ1) is 12.5. The maximum absolute atomic E-state index is 13.0. The fourth-order valence-corrected chi connectivity index (χ4v) is 3.67. The fourth-order valence-electron chi connectivity index (χ4n) is 3.01. The molecule has 2 aromatic rings. The SMILES string of the molecule is Cc1ccc(C(=O)N/C(=C/c2cccs2)C(=O)N2CCCCC2)cc1C. The Hall–Kier alpha value is -2.40. The van der Waals surface area contributed by atoms with E-state index in [2.05, 4.69) is 5.32 Å². The molecule has 4 nitrogen and oxygen atoms in total. The molecule has 1 aliphatic heterocycles. The zero-order valence-corrected chi connectivity index (χ0v) is 16.1. The average molecular weight is 369 g/mol. The van der Waals surface area contributed by atoms with Gasteiger partial charge in [0.15, 0.2) is 0 Å². The van der Waals surface area contributed by atoms with Crippen molar-refractivity contribution < 1.29 is 9.59 Å². The lowest BCUT2D eigenvalue weighted by atomic mass is 10.1. The zero-order chi connectivity index (χ0) is 18.5. The summed E-state index contributed by atoms with van der Waals surface area (Å²) < 4.78 is 0. The van der Waals surface area contributed by atoms with E-state index in [0.717, 1.165) is 48.4 Å². The number of thiophene rings is 1. The first-order valence-corrected chi connectivity index (χ1v) is 9.85. The normalized spacial score (nSPS) is 15.0. The third-order valence-electron chi connectivity index (χ3n) is 4.72. The summed E-state index contributed by atoms with van der Waals surface area (Å²) >= 11 is 1.54. The number of likely N-dealkylation sites (tertiary alicyclic amines) is 1. The van der Waals surface area contributed by atoms with Gasteiger partial charge in [-0.05, 0) is 73.9 Å². The van der Waals surface area contributed by atoms with Crippen LogP contribution in [0.15, 0.2) is 41.4 Å². The maximum atomic E-state index is 13.0. The summed E-state index contributed by atoms with van der Waals surface area (Å²) in [5, 5.41) is 4.81. The number of hydrogen-bond donors (Lipinski definition) is 1. The standard InChI is InChI=1S/C21H24N2O2S/c1-15-8-9-17(13-16(15)2)20(24)22-19(14-18-7-6-12-26-18)21(25)23-10-4-3-5-11-23/h6-9,12-14H,3-5,10-11H2,1-2H3,(H,22,24)/b19-14+. The lowest BCUT2D eigenvalue weighted by Crippen LogP contribution is -2.41. The van der Waals surface area contributed by atoms with Crippen molar-refractivity contribution >= 4 is 29.2 Å². The van der Waals surface area contributed by atoms with Crippen LogP contribution in [0, 0.1) is 13.8 Å². The molecule has 26 heavy (non-hydrogen) atoms. The van der Waals surface area contributed by atoms with Crippen molar-refractivity contribution in [1.82, 2.24) is 10.2 Å². The quantitative estimate of drug-likeness (QED) is 0.824. The van der Waals surface area contributed by atoms with E-state index in [0.29, 0.717) is 11.3 Å². The Balaban J connectivity index is 1.84. The molecule has 1 aliphatic rings. The number of carbonyl (C=O) groups is 2. The van der Waals surface area contributed by atoms with Gasteiger partial charge in [-0.25, -0.2) is 0 Å². The highest BCUT2D eigenvalue weighted by molar-refractivity contribution is 7.10. The molecule has 2 amide bonds. The topological polar surface area (TPSA) is 49.4 Å². The number of piperidine rings is 1. The van der Waals surface area contributed by atoms with Gasteiger partial charge >= 0.3 is 0 Å². The highest BCUT2D eigenvalue weighted by Crippen LogP contribution is 2.17. The second-order valence-corrected chi connectivity index (χ2v) is 7.66. The average Bonchev–Trinajstić information content (AvgIpc) is 3.16. The number of hydrogen-bond acceptors (Lipinski definition) is 3. The first-order valence-electron chi connectivity index (χ1n) is 8.97. The number of rotatable bonds is 4. The molecule has 1 saturated heterocycles. The third kappa shape index (κ3) is 4.41. The smallest absolute Gasteiger partial charge is 0.270 e. The van der Waals surface area contributed by atoms with E-state index in [4.69, 9.17) is 0 Å². The van der Waals surface area contributed by atoms with Crippen molar-refractivity contribution in [3.8, 4) is 0 Å². The van der Waals surface area contributed by atoms with E-state index in [1.165, 1.54) is 0 Å². The highest BCUT2D eigenvalue weighted by Gasteiger charge is 2.22. The van der Waals surface area contributed by atoms with Gasteiger partial charge in [0, 0.05) is 23.5 Å². The third-order valence-corrected chi connectivity index (χ3v) is 5.54. The van der Waals surface area contributed by atoms with E-state index in [9.17, 15) is 9.59 Å². The van der Waals surface area contributed by atoms with E-state index in [1.54, 1.807) is 23.5 Å². The molecule has 1 aromatic heterocycles. The summed E-state index contributed by atoms with van der Waals surface area (Å²) in [5.41, 5.74) is 3.11. The van der Waals surface area contributed by atoms with Crippen LogP contribution in [0.4, 0.5) is 0 Å². The van der Waals surface area contributed by atoms with Gasteiger partial charge in [0.25, 0.3) is 11.8 Å². The Kier molecular flexibility index (Phi) is 5.89. The second kappa shape index (κ2) is 8.32. The Morgan fingerprint density at radius 3 is 2.50 bits per heavy atom. The molecule has 1 N–H and O–H groups in total. The largest absolute Gasteiger partial charge is 0.337 e. The van der Waals surface area contributed by atoms with Crippen molar-refractivity contribution in [1.29, 1.82) is 0 Å². The summed E-state index contributed by atoms with van der Waals surface area (Å²) in [6.07, 6.45) is 4.97. The number of nitrogens with one attached hydrogen (secondary N) is 1. The molecule has 3 rings (SSSR count). The van der Waals surface area contributed by atoms with Crippen LogP contribution in [0.5, 0.6) is 0 Å². The van der Waals surface area contributed by atoms with Crippen molar-refractivity contribution in [2.75, 3.05) is 13.1 Å². The molecule has 0 saturated carbocycles. The number of benzene rings is 1. The Bertz CT molecular complexity index is 819. The number of amides is 2. The van der Waals surface area contributed by atoms with Crippen LogP contribution in [0.25, 0.3) is 6.08 Å². The van der Waals surface area contributed by atoms with E-state index < -0.39 is 0 Å². The maximum Gasteiger partial charge on any atom is 0.270 e. The van der Waals surface area contributed by atoms with Crippen LogP contribution in [-0.4, -0.2) is 29.8 Å². The number of aryl methyl sites for hydroxylation is 2. The highest BCUT2D eigenvalue weighted by atomic mass is 32.1. The molecule has 2 heterocycles. The van der Waals surface area contributed by atoms with Gasteiger partial charge in [-0.2, -0.15) is 0 Å².